The molecule has 2 nitrogen and oxygen atoms in total. The van der Waals surface area contributed by atoms with Crippen molar-refractivity contribution >= 4 is 0 Å². The molecule has 0 fully saturated rings. The SMILES string of the molecule is C=COCCN1C=CC=CC1. The number of nitrogens with zero attached hydrogens (tertiary/aromatic N) is 1. The van der Waals surface area contributed by atoms with E-state index in [1.165, 1.54) is 6.26 Å². The molecule has 2 heteroatoms. The van der Waals surface area contributed by atoms with Crippen molar-refractivity contribution in [3.63, 3.8) is 0 Å². The maximum Gasteiger partial charge on any atom is 0.105 e. The van der Waals surface area contributed by atoms with Crippen LogP contribution >= 0.6 is 0 Å². The van der Waals surface area contributed by atoms with Crippen LogP contribution in [0.4, 0.5) is 0 Å². The third-order valence-corrected chi connectivity index (χ3v) is 1.50. The molecule has 0 aromatic carbocycles. The summed E-state index contributed by atoms with van der Waals surface area (Å²) in [6.07, 6.45) is 9.73. The Hall–Kier alpha value is -1.18. The third kappa shape index (κ3) is 2.94. The van der Waals surface area contributed by atoms with Crippen molar-refractivity contribution in [2.45, 2.75) is 0 Å². The molecule has 11 heavy (non-hydrogen) atoms. The van der Waals surface area contributed by atoms with Crippen molar-refractivity contribution < 1.29 is 4.74 Å². The van der Waals surface area contributed by atoms with E-state index in [1.807, 2.05) is 12.2 Å². The Balaban J connectivity index is 2.12. The molecule has 0 N–H and O–H groups in total. The van der Waals surface area contributed by atoms with E-state index in [0.29, 0.717) is 6.61 Å². The minimum atomic E-state index is 0.710. The fourth-order valence-electron chi connectivity index (χ4n) is 0.926. The van der Waals surface area contributed by atoms with Gasteiger partial charge in [0.05, 0.1) is 12.8 Å². The van der Waals surface area contributed by atoms with Crippen LogP contribution < -0.4 is 0 Å². The first-order valence-corrected chi connectivity index (χ1v) is 3.73. The molecule has 0 atom stereocenters. The Morgan fingerprint density at radius 1 is 1.55 bits per heavy atom. The van der Waals surface area contributed by atoms with Gasteiger partial charge in [-0.15, -0.1) is 0 Å². The first kappa shape index (κ1) is 7.92. The van der Waals surface area contributed by atoms with Crippen LogP contribution in [0.15, 0.2) is 37.3 Å². The lowest BCUT2D eigenvalue weighted by Crippen LogP contribution is -2.22. The van der Waals surface area contributed by atoms with Crippen LogP contribution in [0.25, 0.3) is 0 Å². The molecule has 0 amide bonds. The molecular weight excluding hydrogens is 138 g/mol. The molecule has 1 aliphatic heterocycles. The molecule has 1 aliphatic rings. The van der Waals surface area contributed by atoms with Crippen LogP contribution in [0.1, 0.15) is 0 Å². The van der Waals surface area contributed by atoms with E-state index in [2.05, 4.69) is 23.8 Å². The van der Waals surface area contributed by atoms with Crippen LogP contribution in [0.3, 0.4) is 0 Å². The van der Waals surface area contributed by atoms with Crippen LogP contribution in [-0.4, -0.2) is 24.6 Å². The van der Waals surface area contributed by atoms with Gasteiger partial charge in [-0.2, -0.15) is 0 Å². The largest absolute Gasteiger partial charge is 0.500 e. The van der Waals surface area contributed by atoms with Crippen LogP contribution in [0.5, 0.6) is 0 Å². The summed E-state index contributed by atoms with van der Waals surface area (Å²) in [5.41, 5.74) is 0. The van der Waals surface area contributed by atoms with E-state index in [-0.39, 0.29) is 0 Å². The molecule has 0 bridgehead atoms. The first-order valence-electron chi connectivity index (χ1n) is 3.73. The predicted octanol–water partition coefficient (Wildman–Crippen LogP) is 1.53. The zero-order chi connectivity index (χ0) is 7.94. The van der Waals surface area contributed by atoms with Crippen molar-refractivity contribution in [3.8, 4) is 0 Å². The van der Waals surface area contributed by atoms with Crippen molar-refractivity contribution in [1.29, 1.82) is 0 Å². The molecule has 1 heterocycles. The minimum Gasteiger partial charge on any atom is -0.500 e. The van der Waals surface area contributed by atoms with Crippen LogP contribution in [0.2, 0.25) is 0 Å². The average molecular weight is 151 g/mol. The summed E-state index contributed by atoms with van der Waals surface area (Å²) >= 11 is 0. The second-order valence-electron chi connectivity index (χ2n) is 2.30. The number of hydrogen-bond acceptors (Lipinski definition) is 2. The lowest BCUT2D eigenvalue weighted by Gasteiger charge is -2.19. The highest BCUT2D eigenvalue weighted by Crippen LogP contribution is 1.97. The maximum atomic E-state index is 5.00. The summed E-state index contributed by atoms with van der Waals surface area (Å²) in [5.74, 6) is 0. The molecule has 0 aliphatic carbocycles. The Bertz CT molecular complexity index is 172. The first-order chi connectivity index (χ1) is 5.43. The molecule has 0 spiro atoms. The summed E-state index contributed by atoms with van der Waals surface area (Å²) in [6, 6.07) is 0. The highest BCUT2D eigenvalue weighted by atomic mass is 16.5. The van der Waals surface area contributed by atoms with E-state index >= 15 is 0 Å². The van der Waals surface area contributed by atoms with Gasteiger partial charge in [0.15, 0.2) is 0 Å². The standard InChI is InChI=1S/C9H13NO/c1-2-11-9-8-10-6-4-3-5-7-10/h2-6H,1,7-9H2. The van der Waals surface area contributed by atoms with Crippen molar-refractivity contribution in [2.24, 2.45) is 0 Å². The molecule has 0 saturated heterocycles. The zero-order valence-electron chi connectivity index (χ0n) is 6.57. The van der Waals surface area contributed by atoms with Gasteiger partial charge in [0.2, 0.25) is 0 Å². The van der Waals surface area contributed by atoms with Gasteiger partial charge >= 0.3 is 0 Å². The second-order valence-corrected chi connectivity index (χ2v) is 2.30. The Labute approximate surface area is 67.5 Å². The molecule has 0 unspecified atom stereocenters. The summed E-state index contributed by atoms with van der Waals surface area (Å²) in [6.45, 7) is 6.09. The van der Waals surface area contributed by atoms with Gasteiger partial charge in [-0.3, -0.25) is 0 Å². The lowest BCUT2D eigenvalue weighted by molar-refractivity contribution is 0.214. The normalized spacial score (nSPS) is 15.1. The van der Waals surface area contributed by atoms with Crippen molar-refractivity contribution in [3.05, 3.63) is 37.3 Å². The molecular formula is C9H13NO. The molecule has 0 saturated carbocycles. The topological polar surface area (TPSA) is 12.5 Å². The molecule has 1 rings (SSSR count). The van der Waals surface area contributed by atoms with E-state index in [0.717, 1.165) is 13.1 Å². The zero-order valence-corrected chi connectivity index (χ0v) is 6.57. The summed E-state index contributed by atoms with van der Waals surface area (Å²) in [4.78, 5) is 2.18. The molecule has 60 valence electrons. The summed E-state index contributed by atoms with van der Waals surface area (Å²) in [5, 5.41) is 0. The number of hydrogen-bond donors (Lipinski definition) is 0. The molecule has 0 aromatic heterocycles. The molecule has 0 aromatic rings. The highest BCUT2D eigenvalue weighted by Gasteiger charge is 1.97. The van der Waals surface area contributed by atoms with E-state index in [9.17, 15) is 0 Å². The van der Waals surface area contributed by atoms with E-state index in [1.54, 1.807) is 0 Å². The second kappa shape index (κ2) is 4.61. The number of allylic oxidation sites excluding steroid dienone is 2. The average Bonchev–Trinajstić information content (AvgIpc) is 2.07. The smallest absolute Gasteiger partial charge is 0.105 e. The molecule has 0 radical (unpaired) electrons. The Morgan fingerprint density at radius 3 is 3.09 bits per heavy atom. The quantitative estimate of drug-likeness (QED) is 0.446. The van der Waals surface area contributed by atoms with Crippen molar-refractivity contribution in [1.82, 2.24) is 4.90 Å². The van der Waals surface area contributed by atoms with Gasteiger partial charge in [-0.25, -0.2) is 0 Å². The van der Waals surface area contributed by atoms with E-state index in [4.69, 9.17) is 4.74 Å². The fourth-order valence-corrected chi connectivity index (χ4v) is 0.926. The van der Waals surface area contributed by atoms with Crippen LogP contribution in [0, 0.1) is 0 Å². The lowest BCUT2D eigenvalue weighted by atomic mass is 10.3. The van der Waals surface area contributed by atoms with Gasteiger partial charge in [-0.05, 0) is 12.3 Å². The maximum absolute atomic E-state index is 5.00. The van der Waals surface area contributed by atoms with Gasteiger partial charge in [0.1, 0.15) is 6.61 Å². The van der Waals surface area contributed by atoms with Crippen LogP contribution in [-0.2, 0) is 4.74 Å². The highest BCUT2D eigenvalue weighted by molar-refractivity contribution is 5.08. The summed E-state index contributed by atoms with van der Waals surface area (Å²) in [7, 11) is 0. The fraction of sp³-hybridized carbons (Fsp3) is 0.333. The summed E-state index contributed by atoms with van der Waals surface area (Å²) < 4.78 is 5.00. The monoisotopic (exact) mass is 151 g/mol. The minimum absolute atomic E-state index is 0.710. The Kier molecular flexibility index (Phi) is 3.32. The number of ether oxygens (including phenoxy) is 1. The Morgan fingerprint density at radius 2 is 2.45 bits per heavy atom. The third-order valence-electron chi connectivity index (χ3n) is 1.50. The van der Waals surface area contributed by atoms with Gasteiger partial charge in [0.25, 0.3) is 0 Å². The van der Waals surface area contributed by atoms with Gasteiger partial charge in [0, 0.05) is 6.54 Å². The van der Waals surface area contributed by atoms with E-state index < -0.39 is 0 Å². The number of rotatable bonds is 4. The van der Waals surface area contributed by atoms with Crippen molar-refractivity contribution in [2.75, 3.05) is 19.7 Å². The van der Waals surface area contributed by atoms with Gasteiger partial charge in [-0.1, -0.05) is 18.7 Å². The van der Waals surface area contributed by atoms with Gasteiger partial charge < -0.3 is 9.64 Å². The predicted molar refractivity (Wildman–Crippen MR) is 46.0 cm³/mol.